The Bertz CT molecular complexity index is 480. The first-order valence-electron chi connectivity index (χ1n) is 6.16. The topological polar surface area (TPSA) is 56.8 Å². The van der Waals surface area contributed by atoms with E-state index in [1.165, 1.54) is 12.1 Å². The predicted molar refractivity (Wildman–Crippen MR) is 67.0 cm³/mol. The third-order valence-electron chi connectivity index (χ3n) is 2.91. The van der Waals surface area contributed by atoms with E-state index in [4.69, 9.17) is 15.2 Å². The van der Waals surface area contributed by atoms with Crippen molar-refractivity contribution in [3.63, 3.8) is 0 Å². The molecule has 0 saturated carbocycles. The number of ether oxygens (including phenoxy) is 2. The van der Waals surface area contributed by atoms with Crippen LogP contribution in [0.2, 0.25) is 0 Å². The zero-order chi connectivity index (χ0) is 13.8. The van der Waals surface area contributed by atoms with Gasteiger partial charge >= 0.3 is 0 Å². The zero-order valence-corrected chi connectivity index (χ0v) is 10.6. The second-order valence-corrected chi connectivity index (χ2v) is 4.39. The fourth-order valence-electron chi connectivity index (χ4n) is 1.91. The highest BCUT2D eigenvalue weighted by Crippen LogP contribution is 2.22. The van der Waals surface area contributed by atoms with Crippen LogP contribution in [0.3, 0.4) is 0 Å². The van der Waals surface area contributed by atoms with E-state index in [0.717, 1.165) is 6.07 Å². The van der Waals surface area contributed by atoms with Crippen LogP contribution < -0.4 is 10.5 Å². The van der Waals surface area contributed by atoms with Gasteiger partial charge < -0.3 is 15.2 Å². The molecule has 1 aliphatic rings. The van der Waals surface area contributed by atoms with Crippen LogP contribution in [-0.2, 0) is 4.74 Å². The molecule has 0 spiro atoms. The highest BCUT2D eigenvalue weighted by molar-refractivity contribution is 5.73. The quantitative estimate of drug-likeness (QED) is 0.892. The van der Waals surface area contributed by atoms with Gasteiger partial charge in [-0.15, -0.1) is 0 Å². The SMILES string of the molecule is CC[C@@H](CC1COC(N)=N1)Oc1ccc(F)cc1F. The number of hydrogen-bond donors (Lipinski definition) is 1. The lowest BCUT2D eigenvalue weighted by atomic mass is 10.1. The maximum atomic E-state index is 13.5. The van der Waals surface area contributed by atoms with Gasteiger partial charge in [0, 0.05) is 12.5 Å². The molecule has 104 valence electrons. The van der Waals surface area contributed by atoms with Crippen LogP contribution in [0.4, 0.5) is 8.78 Å². The second kappa shape index (κ2) is 5.86. The van der Waals surface area contributed by atoms with Gasteiger partial charge in [-0.2, -0.15) is 0 Å². The Morgan fingerprint density at radius 1 is 1.53 bits per heavy atom. The average Bonchev–Trinajstić information content (AvgIpc) is 2.77. The number of rotatable bonds is 5. The van der Waals surface area contributed by atoms with E-state index in [-0.39, 0.29) is 23.9 Å². The van der Waals surface area contributed by atoms with Gasteiger partial charge in [0.15, 0.2) is 11.6 Å². The van der Waals surface area contributed by atoms with E-state index in [1.54, 1.807) is 0 Å². The monoisotopic (exact) mass is 270 g/mol. The largest absolute Gasteiger partial charge is 0.487 e. The van der Waals surface area contributed by atoms with E-state index < -0.39 is 11.6 Å². The van der Waals surface area contributed by atoms with Gasteiger partial charge in [0.1, 0.15) is 18.5 Å². The molecule has 19 heavy (non-hydrogen) atoms. The number of nitrogens with two attached hydrogens (primary N) is 1. The van der Waals surface area contributed by atoms with Crippen molar-refractivity contribution in [1.29, 1.82) is 0 Å². The first-order valence-corrected chi connectivity index (χ1v) is 6.16. The maximum absolute atomic E-state index is 13.5. The Balaban J connectivity index is 1.98. The summed E-state index contributed by atoms with van der Waals surface area (Å²) < 4.78 is 36.9. The van der Waals surface area contributed by atoms with Gasteiger partial charge in [-0.3, -0.25) is 0 Å². The van der Waals surface area contributed by atoms with E-state index in [9.17, 15) is 8.78 Å². The van der Waals surface area contributed by atoms with Crippen molar-refractivity contribution in [3.05, 3.63) is 29.8 Å². The second-order valence-electron chi connectivity index (χ2n) is 4.39. The molecule has 0 bridgehead atoms. The van der Waals surface area contributed by atoms with Crippen molar-refractivity contribution >= 4 is 6.02 Å². The summed E-state index contributed by atoms with van der Waals surface area (Å²) in [6, 6.07) is 3.36. The summed E-state index contributed by atoms with van der Waals surface area (Å²) in [6.45, 7) is 2.34. The number of aliphatic imine (C=N–C) groups is 1. The van der Waals surface area contributed by atoms with Crippen LogP contribution in [0.1, 0.15) is 19.8 Å². The molecule has 0 amide bonds. The van der Waals surface area contributed by atoms with Crippen LogP contribution in [-0.4, -0.2) is 24.8 Å². The Morgan fingerprint density at radius 2 is 2.32 bits per heavy atom. The van der Waals surface area contributed by atoms with Crippen LogP contribution in [0, 0.1) is 11.6 Å². The molecule has 2 N–H and O–H groups in total. The fourth-order valence-corrected chi connectivity index (χ4v) is 1.91. The van der Waals surface area contributed by atoms with Crippen molar-refractivity contribution in [2.75, 3.05) is 6.61 Å². The Hall–Kier alpha value is -1.85. The van der Waals surface area contributed by atoms with Crippen LogP contribution in [0.15, 0.2) is 23.2 Å². The minimum absolute atomic E-state index is 0.0455. The van der Waals surface area contributed by atoms with Crippen molar-refractivity contribution < 1.29 is 18.3 Å². The molecule has 1 heterocycles. The lowest BCUT2D eigenvalue weighted by molar-refractivity contribution is 0.162. The number of hydrogen-bond acceptors (Lipinski definition) is 4. The number of nitrogens with zero attached hydrogens (tertiary/aromatic N) is 1. The molecule has 1 unspecified atom stereocenters. The van der Waals surface area contributed by atoms with Crippen LogP contribution >= 0.6 is 0 Å². The third kappa shape index (κ3) is 3.56. The Labute approximate surface area is 110 Å². The smallest absolute Gasteiger partial charge is 0.282 e. The van der Waals surface area contributed by atoms with Gasteiger partial charge in [0.05, 0.1) is 6.04 Å². The van der Waals surface area contributed by atoms with Crippen molar-refractivity contribution in [2.24, 2.45) is 10.7 Å². The standard InChI is InChI=1S/C13H16F2N2O2/c1-2-10(6-9-7-18-13(16)17-9)19-12-4-3-8(14)5-11(12)15/h3-5,9-10H,2,6-7H2,1H3,(H2,16,17)/t9?,10-/m0/s1. The van der Waals surface area contributed by atoms with Gasteiger partial charge in [-0.1, -0.05) is 6.92 Å². The highest BCUT2D eigenvalue weighted by Gasteiger charge is 2.22. The molecule has 1 aromatic rings. The summed E-state index contributed by atoms with van der Waals surface area (Å²) in [7, 11) is 0. The summed E-state index contributed by atoms with van der Waals surface area (Å²) in [5, 5.41) is 0. The van der Waals surface area contributed by atoms with Gasteiger partial charge in [-0.05, 0) is 18.6 Å². The Morgan fingerprint density at radius 3 is 2.89 bits per heavy atom. The van der Waals surface area contributed by atoms with Crippen LogP contribution in [0.25, 0.3) is 0 Å². The molecule has 2 atom stereocenters. The molecule has 0 fully saturated rings. The van der Waals surface area contributed by atoms with Crippen molar-refractivity contribution in [3.8, 4) is 5.75 Å². The molecule has 4 nitrogen and oxygen atoms in total. The summed E-state index contributed by atoms with van der Waals surface area (Å²) in [4.78, 5) is 4.09. The molecular weight excluding hydrogens is 254 g/mol. The molecule has 0 aliphatic carbocycles. The summed E-state index contributed by atoms with van der Waals surface area (Å²) in [5.41, 5.74) is 5.42. The Kier molecular flexibility index (Phi) is 4.19. The summed E-state index contributed by atoms with van der Waals surface area (Å²) in [6.07, 6.45) is 1.04. The molecule has 0 radical (unpaired) electrons. The van der Waals surface area contributed by atoms with Crippen LogP contribution in [0.5, 0.6) is 5.75 Å². The van der Waals surface area contributed by atoms with E-state index >= 15 is 0 Å². The maximum Gasteiger partial charge on any atom is 0.282 e. The van der Waals surface area contributed by atoms with Crippen molar-refractivity contribution in [1.82, 2.24) is 0 Å². The van der Waals surface area contributed by atoms with E-state index in [2.05, 4.69) is 4.99 Å². The molecule has 0 saturated heterocycles. The number of halogens is 2. The molecule has 2 rings (SSSR count). The summed E-state index contributed by atoms with van der Waals surface area (Å²) >= 11 is 0. The number of amidine groups is 1. The van der Waals surface area contributed by atoms with E-state index in [0.29, 0.717) is 19.4 Å². The molecule has 1 aromatic carbocycles. The lowest BCUT2D eigenvalue weighted by Gasteiger charge is -2.19. The van der Waals surface area contributed by atoms with E-state index in [1.807, 2.05) is 6.92 Å². The van der Waals surface area contributed by atoms with Gasteiger partial charge in [-0.25, -0.2) is 13.8 Å². The minimum Gasteiger partial charge on any atom is -0.487 e. The third-order valence-corrected chi connectivity index (χ3v) is 2.91. The normalized spacial score (nSPS) is 19.7. The summed E-state index contributed by atoms with van der Waals surface area (Å²) in [5.74, 6) is -1.28. The van der Waals surface area contributed by atoms with Crippen molar-refractivity contribution in [2.45, 2.75) is 31.9 Å². The first kappa shape index (κ1) is 13.6. The van der Waals surface area contributed by atoms with Gasteiger partial charge in [0.25, 0.3) is 6.02 Å². The fraction of sp³-hybridized carbons (Fsp3) is 0.462. The predicted octanol–water partition coefficient (Wildman–Crippen LogP) is 2.23. The molecule has 1 aliphatic heterocycles. The average molecular weight is 270 g/mol. The number of benzene rings is 1. The first-order chi connectivity index (χ1) is 9.08. The highest BCUT2D eigenvalue weighted by atomic mass is 19.1. The molecule has 6 heteroatoms. The molecular formula is C13H16F2N2O2. The lowest BCUT2D eigenvalue weighted by Crippen LogP contribution is -2.23. The van der Waals surface area contributed by atoms with Gasteiger partial charge in [0.2, 0.25) is 0 Å². The molecule has 0 aromatic heterocycles. The zero-order valence-electron chi connectivity index (χ0n) is 10.6. The minimum atomic E-state index is -0.705.